The van der Waals surface area contributed by atoms with Crippen molar-refractivity contribution in [2.24, 2.45) is 0 Å². The molecule has 0 bridgehead atoms. The third kappa shape index (κ3) is 4.76. The Hall–Kier alpha value is -2.95. The van der Waals surface area contributed by atoms with Gasteiger partial charge in [0.2, 0.25) is 0 Å². The van der Waals surface area contributed by atoms with Gasteiger partial charge in [-0.25, -0.2) is 0 Å². The Morgan fingerprint density at radius 3 is 2.44 bits per heavy atom. The summed E-state index contributed by atoms with van der Waals surface area (Å²) in [4.78, 5) is 12.3. The number of anilines is 1. The highest BCUT2D eigenvalue weighted by Crippen LogP contribution is 2.31. The van der Waals surface area contributed by atoms with E-state index in [0.29, 0.717) is 18.0 Å². The molecule has 0 saturated carbocycles. The van der Waals surface area contributed by atoms with Gasteiger partial charge < -0.3 is 9.47 Å². The Morgan fingerprint density at radius 1 is 1.12 bits per heavy atom. The lowest BCUT2D eigenvalue weighted by Gasteiger charge is -2.23. The Balaban J connectivity index is 2.11. The van der Waals surface area contributed by atoms with Crippen LogP contribution in [0.5, 0.6) is 11.5 Å². The molecular formula is C20H24N2O3. The molecule has 5 heteroatoms. The summed E-state index contributed by atoms with van der Waals surface area (Å²) in [7, 11) is 3.16. The lowest BCUT2D eigenvalue weighted by atomic mass is 10.1. The number of amides is 1. The number of hydrogen-bond acceptors (Lipinski definition) is 4. The number of para-hydroxylation sites is 1. The highest BCUT2D eigenvalue weighted by atomic mass is 16.5. The fourth-order valence-corrected chi connectivity index (χ4v) is 2.43. The predicted molar refractivity (Wildman–Crippen MR) is 101 cm³/mol. The maximum Gasteiger partial charge on any atom is 0.262 e. The number of hydrogen-bond donors (Lipinski definition) is 1. The number of nitrogens with one attached hydrogen (secondary N) is 1. The smallest absolute Gasteiger partial charge is 0.262 e. The average Bonchev–Trinajstić information content (AvgIpc) is 2.64. The number of hydrazine groups is 1. The van der Waals surface area contributed by atoms with Gasteiger partial charge >= 0.3 is 0 Å². The van der Waals surface area contributed by atoms with E-state index in [1.807, 2.05) is 56.3 Å². The molecule has 0 heterocycles. The molecule has 0 saturated heterocycles. The number of rotatable bonds is 7. The third-order valence-corrected chi connectivity index (χ3v) is 3.75. The van der Waals surface area contributed by atoms with Gasteiger partial charge in [0.25, 0.3) is 5.91 Å². The van der Waals surface area contributed by atoms with Crippen molar-refractivity contribution in [2.45, 2.75) is 13.8 Å². The van der Waals surface area contributed by atoms with Gasteiger partial charge in [-0.2, -0.15) is 0 Å². The van der Waals surface area contributed by atoms with Crippen molar-refractivity contribution in [3.63, 3.8) is 0 Å². The van der Waals surface area contributed by atoms with Crippen LogP contribution in [0.1, 0.15) is 18.1 Å². The summed E-state index contributed by atoms with van der Waals surface area (Å²) in [6, 6.07) is 13.5. The fourth-order valence-electron chi connectivity index (χ4n) is 2.43. The summed E-state index contributed by atoms with van der Waals surface area (Å²) in [5.41, 5.74) is 5.76. The molecule has 1 N–H and O–H groups in total. The molecule has 2 aromatic rings. The molecular weight excluding hydrogens is 316 g/mol. The van der Waals surface area contributed by atoms with Crippen LogP contribution < -0.4 is 19.9 Å². The number of nitrogens with zero attached hydrogens (tertiary/aromatic N) is 1. The molecule has 1 amide bonds. The summed E-state index contributed by atoms with van der Waals surface area (Å²) in [6.07, 6.45) is 3.19. The second kappa shape index (κ2) is 8.78. The van der Waals surface area contributed by atoms with Gasteiger partial charge in [-0.1, -0.05) is 29.8 Å². The first kappa shape index (κ1) is 18.4. The number of carbonyl (C=O) groups excluding carboxylic acids is 1. The zero-order valence-electron chi connectivity index (χ0n) is 15.1. The normalized spacial score (nSPS) is 10.6. The van der Waals surface area contributed by atoms with Gasteiger partial charge in [0, 0.05) is 18.2 Å². The van der Waals surface area contributed by atoms with E-state index in [2.05, 4.69) is 5.43 Å². The monoisotopic (exact) mass is 340 g/mol. The summed E-state index contributed by atoms with van der Waals surface area (Å²) in [6.45, 7) is 4.67. The van der Waals surface area contributed by atoms with E-state index in [-0.39, 0.29) is 5.91 Å². The van der Waals surface area contributed by atoms with Crippen LogP contribution in [0, 0.1) is 6.92 Å². The van der Waals surface area contributed by atoms with Crippen molar-refractivity contribution >= 4 is 17.7 Å². The van der Waals surface area contributed by atoms with E-state index in [4.69, 9.17) is 9.47 Å². The predicted octanol–water partition coefficient (Wildman–Crippen LogP) is 3.58. The molecule has 132 valence electrons. The van der Waals surface area contributed by atoms with Crippen molar-refractivity contribution in [1.29, 1.82) is 0 Å². The van der Waals surface area contributed by atoms with Crippen molar-refractivity contribution in [2.75, 3.05) is 25.8 Å². The minimum Gasteiger partial charge on any atom is -0.493 e. The molecule has 0 aliphatic rings. The Morgan fingerprint density at radius 2 is 1.84 bits per heavy atom. The van der Waals surface area contributed by atoms with Gasteiger partial charge in [0.15, 0.2) is 11.5 Å². The second-order valence-corrected chi connectivity index (χ2v) is 5.47. The summed E-state index contributed by atoms with van der Waals surface area (Å²) in [5, 5.41) is 1.80. The molecule has 0 aromatic heterocycles. The fraction of sp³-hybridized carbons (Fsp3) is 0.250. The minimum absolute atomic E-state index is 0.215. The van der Waals surface area contributed by atoms with Gasteiger partial charge in [-0.05, 0) is 38.1 Å². The first-order valence-electron chi connectivity index (χ1n) is 8.13. The number of aryl methyl sites for hydroxylation is 1. The average molecular weight is 340 g/mol. The van der Waals surface area contributed by atoms with Crippen LogP contribution in [0.25, 0.3) is 6.08 Å². The Kier molecular flexibility index (Phi) is 6.46. The molecule has 25 heavy (non-hydrogen) atoms. The number of carbonyl (C=O) groups is 1. The van der Waals surface area contributed by atoms with Crippen LogP contribution in [-0.4, -0.2) is 26.7 Å². The zero-order valence-corrected chi connectivity index (χ0v) is 15.1. The molecule has 2 rings (SSSR count). The van der Waals surface area contributed by atoms with E-state index >= 15 is 0 Å². The van der Waals surface area contributed by atoms with Crippen LogP contribution >= 0.6 is 0 Å². The van der Waals surface area contributed by atoms with E-state index in [1.165, 1.54) is 11.6 Å². The minimum atomic E-state index is -0.215. The van der Waals surface area contributed by atoms with E-state index in [9.17, 15) is 4.79 Å². The SMILES string of the molecule is CCN(NC(=O)/C=C/c1cccc(OC)c1OC)c1ccc(C)cc1. The van der Waals surface area contributed by atoms with E-state index in [0.717, 1.165) is 11.3 Å². The van der Waals surface area contributed by atoms with Crippen LogP contribution in [-0.2, 0) is 4.79 Å². The molecule has 5 nitrogen and oxygen atoms in total. The highest BCUT2D eigenvalue weighted by Gasteiger charge is 2.09. The summed E-state index contributed by atoms with van der Waals surface area (Å²) < 4.78 is 10.6. The number of benzene rings is 2. The first-order valence-corrected chi connectivity index (χ1v) is 8.13. The topological polar surface area (TPSA) is 50.8 Å². The standard InChI is InChI=1S/C20H24N2O3/c1-5-22(17-12-9-15(2)10-13-17)21-19(23)14-11-16-7-6-8-18(24-3)20(16)25-4/h6-14H,5H2,1-4H3,(H,21,23)/b14-11+. The van der Waals surface area contributed by atoms with Crippen molar-refractivity contribution in [1.82, 2.24) is 5.43 Å². The lowest BCUT2D eigenvalue weighted by Crippen LogP contribution is -2.41. The second-order valence-electron chi connectivity index (χ2n) is 5.47. The summed E-state index contributed by atoms with van der Waals surface area (Å²) in [5.74, 6) is 1.01. The maximum absolute atomic E-state index is 12.3. The number of ether oxygens (including phenoxy) is 2. The lowest BCUT2D eigenvalue weighted by molar-refractivity contribution is -0.116. The summed E-state index contributed by atoms with van der Waals surface area (Å²) >= 11 is 0. The molecule has 0 aliphatic carbocycles. The van der Waals surface area contributed by atoms with Crippen LogP contribution in [0.3, 0.4) is 0 Å². The molecule has 0 atom stereocenters. The van der Waals surface area contributed by atoms with Crippen LogP contribution in [0.2, 0.25) is 0 Å². The van der Waals surface area contributed by atoms with Crippen molar-refractivity contribution in [3.05, 3.63) is 59.7 Å². The highest BCUT2D eigenvalue weighted by molar-refractivity contribution is 5.93. The van der Waals surface area contributed by atoms with Crippen LogP contribution in [0.15, 0.2) is 48.5 Å². The van der Waals surface area contributed by atoms with E-state index in [1.54, 1.807) is 25.3 Å². The van der Waals surface area contributed by atoms with Gasteiger partial charge in [0.1, 0.15) is 0 Å². The molecule has 0 spiro atoms. The number of methoxy groups -OCH3 is 2. The maximum atomic E-state index is 12.3. The van der Waals surface area contributed by atoms with Gasteiger partial charge in [0.05, 0.1) is 19.9 Å². The van der Waals surface area contributed by atoms with Crippen LogP contribution in [0.4, 0.5) is 5.69 Å². The third-order valence-electron chi connectivity index (χ3n) is 3.75. The van der Waals surface area contributed by atoms with Crippen molar-refractivity contribution < 1.29 is 14.3 Å². The van der Waals surface area contributed by atoms with E-state index < -0.39 is 0 Å². The Bertz CT molecular complexity index is 739. The van der Waals surface area contributed by atoms with Crippen molar-refractivity contribution in [3.8, 4) is 11.5 Å². The Labute approximate surface area is 148 Å². The quantitative estimate of drug-likeness (QED) is 0.618. The first-order chi connectivity index (χ1) is 12.1. The van der Waals surface area contributed by atoms with Gasteiger partial charge in [-0.15, -0.1) is 0 Å². The van der Waals surface area contributed by atoms with Gasteiger partial charge in [-0.3, -0.25) is 15.2 Å². The molecule has 0 radical (unpaired) electrons. The molecule has 0 aliphatic heterocycles. The zero-order chi connectivity index (χ0) is 18.2. The molecule has 0 fully saturated rings. The largest absolute Gasteiger partial charge is 0.493 e. The molecule has 0 unspecified atom stereocenters. The molecule has 2 aromatic carbocycles.